The van der Waals surface area contributed by atoms with E-state index >= 15 is 0 Å². The minimum atomic E-state index is -0.759. The summed E-state index contributed by atoms with van der Waals surface area (Å²) in [5, 5.41) is 24.9. The largest absolute Gasteiger partial charge is 0.485 e. The minimum Gasteiger partial charge on any atom is -0.485 e. The zero-order valence-electron chi connectivity index (χ0n) is 12.6. The number of halogens is 1. The Morgan fingerprint density at radius 2 is 2.14 bits per heavy atom. The molecule has 1 saturated carbocycles. The highest BCUT2D eigenvalue weighted by Gasteiger charge is 2.43. The van der Waals surface area contributed by atoms with E-state index in [4.69, 9.17) is 4.74 Å². The van der Waals surface area contributed by atoms with Crippen LogP contribution in [-0.4, -0.2) is 28.3 Å². The van der Waals surface area contributed by atoms with Gasteiger partial charge in [-0.2, -0.15) is 0 Å². The highest BCUT2D eigenvalue weighted by molar-refractivity contribution is 5.85. The predicted molar refractivity (Wildman–Crippen MR) is 84.5 cm³/mol. The fraction of sp³-hybridized carbons (Fsp3) is 0.600. The Labute approximate surface area is 135 Å². The molecule has 0 spiro atoms. The molecule has 7 heteroatoms. The number of fused-ring (bicyclic) bond motifs is 1. The summed E-state index contributed by atoms with van der Waals surface area (Å²) in [6.45, 7) is 4.47. The first-order valence-electron chi connectivity index (χ1n) is 7.27. The number of ether oxygens (including phenoxy) is 1. The molecular weight excluding hydrogens is 308 g/mol. The van der Waals surface area contributed by atoms with Crippen LogP contribution < -0.4 is 10.1 Å². The van der Waals surface area contributed by atoms with Crippen LogP contribution in [0.25, 0.3) is 0 Å². The summed E-state index contributed by atoms with van der Waals surface area (Å²) in [4.78, 5) is 10.5. The molecule has 6 nitrogen and oxygen atoms in total. The van der Waals surface area contributed by atoms with E-state index in [2.05, 4.69) is 5.32 Å². The number of hydrogen-bond donors (Lipinski definition) is 2. The molecule has 0 unspecified atom stereocenters. The van der Waals surface area contributed by atoms with E-state index in [0.29, 0.717) is 17.2 Å². The zero-order valence-corrected chi connectivity index (χ0v) is 13.4. The van der Waals surface area contributed by atoms with Crippen molar-refractivity contribution in [1.29, 1.82) is 0 Å². The van der Waals surface area contributed by atoms with Crippen LogP contribution in [0.2, 0.25) is 0 Å². The van der Waals surface area contributed by atoms with Crippen LogP contribution in [0.4, 0.5) is 5.69 Å². The number of hydrogen-bond acceptors (Lipinski definition) is 5. The molecule has 1 aromatic rings. The fourth-order valence-corrected chi connectivity index (χ4v) is 2.74. The second kappa shape index (κ2) is 6.02. The molecule has 3 rings (SSSR count). The van der Waals surface area contributed by atoms with Gasteiger partial charge in [-0.3, -0.25) is 10.1 Å². The number of aliphatic hydroxyl groups is 1. The van der Waals surface area contributed by atoms with Crippen LogP contribution in [0.1, 0.15) is 38.3 Å². The van der Waals surface area contributed by atoms with Gasteiger partial charge in [0.2, 0.25) is 0 Å². The summed E-state index contributed by atoms with van der Waals surface area (Å²) < 4.78 is 5.81. The van der Waals surface area contributed by atoms with Crippen molar-refractivity contribution in [2.24, 2.45) is 5.92 Å². The fourth-order valence-electron chi connectivity index (χ4n) is 2.74. The van der Waals surface area contributed by atoms with Crippen molar-refractivity contribution in [3.05, 3.63) is 33.9 Å². The maximum absolute atomic E-state index is 11.0. The maximum Gasteiger partial charge on any atom is 0.270 e. The van der Waals surface area contributed by atoms with E-state index in [-0.39, 0.29) is 24.1 Å². The Kier molecular flexibility index (Phi) is 4.65. The highest BCUT2D eigenvalue weighted by Crippen LogP contribution is 2.41. The zero-order chi connectivity index (χ0) is 15.2. The number of non-ortho nitro benzene ring substituents is 1. The average molecular weight is 329 g/mol. The quantitative estimate of drug-likeness (QED) is 0.655. The number of nitro groups is 1. The van der Waals surface area contributed by atoms with Crippen LogP contribution in [0.5, 0.6) is 5.75 Å². The lowest BCUT2D eigenvalue weighted by Crippen LogP contribution is -2.52. The van der Waals surface area contributed by atoms with Gasteiger partial charge in [-0.1, -0.05) is 0 Å². The molecule has 1 fully saturated rings. The van der Waals surface area contributed by atoms with Gasteiger partial charge in [-0.15, -0.1) is 12.4 Å². The molecule has 122 valence electrons. The Morgan fingerprint density at radius 1 is 1.45 bits per heavy atom. The third kappa shape index (κ3) is 3.19. The molecule has 2 N–H and O–H groups in total. The van der Waals surface area contributed by atoms with Gasteiger partial charge in [0.25, 0.3) is 5.69 Å². The van der Waals surface area contributed by atoms with Gasteiger partial charge in [-0.25, -0.2) is 0 Å². The third-order valence-corrected chi connectivity index (χ3v) is 4.26. The summed E-state index contributed by atoms with van der Waals surface area (Å²) in [6, 6.07) is 4.21. The van der Waals surface area contributed by atoms with E-state index in [0.717, 1.165) is 6.54 Å². The molecule has 0 radical (unpaired) electrons. The summed E-state index contributed by atoms with van der Waals surface area (Å²) in [5.41, 5.74) is -0.0520. The second-order valence-electron chi connectivity index (χ2n) is 6.46. The van der Waals surface area contributed by atoms with Crippen molar-refractivity contribution < 1.29 is 14.8 Å². The first-order chi connectivity index (χ1) is 9.88. The van der Waals surface area contributed by atoms with E-state index in [1.54, 1.807) is 6.07 Å². The lowest BCUT2D eigenvalue weighted by atomic mass is 9.86. The van der Waals surface area contributed by atoms with Crippen molar-refractivity contribution in [1.82, 2.24) is 5.32 Å². The lowest BCUT2D eigenvalue weighted by molar-refractivity contribution is -0.385. The smallest absolute Gasteiger partial charge is 0.270 e. The molecule has 1 aliphatic carbocycles. The van der Waals surface area contributed by atoms with Crippen molar-refractivity contribution >= 4 is 18.1 Å². The molecule has 2 aliphatic rings. The molecule has 2 atom stereocenters. The van der Waals surface area contributed by atoms with Gasteiger partial charge < -0.3 is 15.2 Å². The molecule has 0 amide bonds. The van der Waals surface area contributed by atoms with Crippen molar-refractivity contribution in [2.75, 3.05) is 6.54 Å². The molecule has 0 aromatic heterocycles. The van der Waals surface area contributed by atoms with Crippen LogP contribution in [-0.2, 0) is 0 Å². The average Bonchev–Trinajstić information content (AvgIpc) is 3.22. The summed E-state index contributed by atoms with van der Waals surface area (Å²) in [5.74, 6) is 1.26. The molecule has 1 aromatic carbocycles. The Morgan fingerprint density at radius 3 is 2.73 bits per heavy atom. The van der Waals surface area contributed by atoms with Crippen LogP contribution in [0.3, 0.4) is 0 Å². The SMILES string of the molecule is CC1(C)Oc2ccc([N+](=O)[O-])cc2[C@H](NCC2CC2)[C@H]1O.Cl. The van der Waals surface area contributed by atoms with E-state index < -0.39 is 16.6 Å². The van der Waals surface area contributed by atoms with Gasteiger partial charge >= 0.3 is 0 Å². The predicted octanol–water partition coefficient (Wildman–Crippen LogP) is 2.59. The standard InChI is InChI=1S/C15H20N2O4.ClH/c1-15(2)14(18)13(16-8-9-3-4-9)11-7-10(17(19)20)5-6-12(11)21-15;/h5-7,9,13-14,16,18H,3-4,8H2,1-2H3;1H/t13-,14+;/m0./s1. The normalized spacial score (nSPS) is 25.6. The number of nitro benzene ring substituents is 1. The third-order valence-electron chi connectivity index (χ3n) is 4.26. The second-order valence-corrected chi connectivity index (χ2v) is 6.46. The maximum atomic E-state index is 11.0. The van der Waals surface area contributed by atoms with Gasteiger partial charge in [0, 0.05) is 17.7 Å². The molecule has 1 heterocycles. The van der Waals surface area contributed by atoms with Crippen molar-refractivity contribution in [3.63, 3.8) is 0 Å². The number of benzene rings is 1. The first kappa shape index (κ1) is 17.0. The molecule has 0 bridgehead atoms. The highest BCUT2D eigenvalue weighted by atomic mass is 35.5. The summed E-state index contributed by atoms with van der Waals surface area (Å²) in [6.07, 6.45) is 1.65. The number of nitrogens with one attached hydrogen (secondary N) is 1. The van der Waals surface area contributed by atoms with E-state index in [1.165, 1.54) is 25.0 Å². The lowest BCUT2D eigenvalue weighted by Gasteiger charge is -2.42. The van der Waals surface area contributed by atoms with Gasteiger partial charge in [0.15, 0.2) is 0 Å². The number of rotatable bonds is 4. The number of aliphatic hydroxyl groups excluding tert-OH is 1. The Hall–Kier alpha value is -1.37. The Balaban J connectivity index is 0.00000176. The summed E-state index contributed by atoms with van der Waals surface area (Å²) >= 11 is 0. The van der Waals surface area contributed by atoms with Crippen molar-refractivity contribution in [3.8, 4) is 5.75 Å². The van der Waals surface area contributed by atoms with Gasteiger partial charge in [0.1, 0.15) is 17.5 Å². The molecule has 1 aliphatic heterocycles. The summed E-state index contributed by atoms with van der Waals surface area (Å²) in [7, 11) is 0. The molecular formula is C15H21ClN2O4. The van der Waals surface area contributed by atoms with Crippen LogP contribution in [0, 0.1) is 16.0 Å². The minimum absolute atomic E-state index is 0. The number of nitrogens with zero attached hydrogens (tertiary/aromatic N) is 1. The molecule has 22 heavy (non-hydrogen) atoms. The molecule has 0 saturated heterocycles. The van der Waals surface area contributed by atoms with Crippen LogP contribution in [0.15, 0.2) is 18.2 Å². The van der Waals surface area contributed by atoms with E-state index in [1.807, 2.05) is 13.8 Å². The topological polar surface area (TPSA) is 84.6 Å². The first-order valence-corrected chi connectivity index (χ1v) is 7.27. The van der Waals surface area contributed by atoms with Gasteiger partial charge in [0.05, 0.1) is 11.0 Å². The van der Waals surface area contributed by atoms with Crippen LogP contribution >= 0.6 is 12.4 Å². The van der Waals surface area contributed by atoms with E-state index in [9.17, 15) is 15.2 Å². The van der Waals surface area contributed by atoms with Crippen molar-refractivity contribution in [2.45, 2.75) is 44.4 Å². The van der Waals surface area contributed by atoms with Gasteiger partial charge in [-0.05, 0) is 45.2 Å². The monoisotopic (exact) mass is 328 g/mol. The Bertz CT molecular complexity index is 575.